The Morgan fingerprint density at radius 3 is 1.20 bits per heavy atom. The molecule has 0 saturated carbocycles. The molecule has 6 aromatic rings. The molecule has 0 amide bonds. The minimum atomic E-state index is -0.426. The molecule has 4 nitrogen and oxygen atoms in total. The van der Waals surface area contributed by atoms with Gasteiger partial charge in [-0.3, -0.25) is 9.97 Å². The molecule has 0 radical (unpaired) electrons. The third kappa shape index (κ3) is 6.17. The summed E-state index contributed by atoms with van der Waals surface area (Å²) in [6, 6.07) is 40.9. The fourth-order valence-electron chi connectivity index (χ4n) is 5.80. The summed E-state index contributed by atoms with van der Waals surface area (Å²) in [5.74, 6) is 0. The number of pyridine rings is 2. The van der Waals surface area contributed by atoms with Crippen LogP contribution in [-0.2, 0) is 9.31 Å². The van der Waals surface area contributed by atoms with E-state index in [0.29, 0.717) is 0 Å². The molecule has 0 unspecified atom stereocenters. The van der Waals surface area contributed by atoms with E-state index in [-0.39, 0.29) is 7.43 Å². The van der Waals surface area contributed by atoms with Gasteiger partial charge in [0.2, 0.25) is 0 Å². The number of benzene rings is 4. The van der Waals surface area contributed by atoms with Crippen molar-refractivity contribution in [2.45, 2.75) is 46.3 Å². The van der Waals surface area contributed by atoms with Crippen molar-refractivity contribution < 1.29 is 9.31 Å². The van der Waals surface area contributed by atoms with Gasteiger partial charge in [-0.25, -0.2) is 0 Å². The molecule has 4 aromatic carbocycles. The highest BCUT2D eigenvalue weighted by Crippen LogP contribution is 2.38. The Kier molecular flexibility index (Phi) is 8.48. The lowest BCUT2D eigenvalue weighted by atomic mass is 9.77. The van der Waals surface area contributed by atoms with Crippen LogP contribution in [0.2, 0.25) is 0 Å². The number of nitrogens with zero attached hydrogens (tertiary/aromatic N) is 2. The van der Waals surface area contributed by atoms with Gasteiger partial charge in [-0.05, 0) is 120 Å². The Labute approximate surface area is 273 Å². The quantitative estimate of drug-likeness (QED) is 0.178. The van der Waals surface area contributed by atoms with Crippen molar-refractivity contribution in [3.8, 4) is 55.6 Å². The number of aromatic nitrogens is 2. The van der Waals surface area contributed by atoms with Gasteiger partial charge in [-0.15, -0.1) is 0 Å². The van der Waals surface area contributed by atoms with Crippen molar-refractivity contribution in [2.75, 3.05) is 0 Å². The van der Waals surface area contributed by atoms with Gasteiger partial charge in [0.15, 0.2) is 0 Å². The van der Waals surface area contributed by atoms with Crippen molar-refractivity contribution >= 4 is 12.6 Å². The molecule has 0 aliphatic carbocycles. The number of hydrogen-bond acceptors (Lipinski definition) is 4. The molecule has 1 fully saturated rings. The van der Waals surface area contributed by atoms with Gasteiger partial charge < -0.3 is 9.31 Å². The van der Waals surface area contributed by atoms with Crippen molar-refractivity contribution in [3.05, 3.63) is 140 Å². The van der Waals surface area contributed by atoms with E-state index in [2.05, 4.69) is 141 Å². The highest BCUT2D eigenvalue weighted by Gasteiger charge is 2.51. The van der Waals surface area contributed by atoms with Crippen LogP contribution in [0.5, 0.6) is 0 Å². The zero-order chi connectivity index (χ0) is 31.0. The molecule has 1 aliphatic heterocycles. The van der Waals surface area contributed by atoms with E-state index < -0.39 is 18.3 Å². The van der Waals surface area contributed by atoms with Crippen molar-refractivity contribution in [1.82, 2.24) is 9.97 Å². The van der Waals surface area contributed by atoms with Crippen LogP contribution in [0.25, 0.3) is 55.6 Å². The predicted octanol–water partition coefficient (Wildman–Crippen LogP) is 9.75. The monoisotopic (exact) mass is 602 g/mol. The van der Waals surface area contributed by atoms with Gasteiger partial charge in [-0.1, -0.05) is 80.2 Å². The van der Waals surface area contributed by atoms with E-state index in [4.69, 9.17) is 9.31 Å². The molecule has 7 rings (SSSR count). The van der Waals surface area contributed by atoms with E-state index in [1.54, 1.807) is 12.4 Å². The molecular weight excluding hydrogens is 563 g/mol. The minimum absolute atomic E-state index is 0. The summed E-state index contributed by atoms with van der Waals surface area (Å²) in [6.07, 6.45) is 7.43. The lowest BCUT2D eigenvalue weighted by Gasteiger charge is -2.32. The maximum absolute atomic E-state index is 6.41. The molecule has 3 heterocycles. The molecule has 1 saturated heterocycles. The van der Waals surface area contributed by atoms with E-state index in [0.717, 1.165) is 61.1 Å². The average molecular weight is 603 g/mol. The molecular formula is C41H39BN2O2. The number of rotatable bonds is 6. The normalized spacial score (nSPS) is 14.9. The minimum Gasteiger partial charge on any atom is -0.399 e. The Bertz CT molecular complexity index is 1860. The Balaban J connectivity index is 0.00000372. The second-order valence-corrected chi connectivity index (χ2v) is 12.7. The van der Waals surface area contributed by atoms with Gasteiger partial charge >= 0.3 is 7.12 Å². The van der Waals surface area contributed by atoms with Crippen LogP contribution >= 0.6 is 0 Å². The van der Waals surface area contributed by atoms with E-state index in [9.17, 15) is 0 Å². The summed E-state index contributed by atoms with van der Waals surface area (Å²) in [4.78, 5) is 8.68. The first-order valence-corrected chi connectivity index (χ1v) is 15.4. The van der Waals surface area contributed by atoms with Crippen molar-refractivity contribution in [2.24, 2.45) is 0 Å². The van der Waals surface area contributed by atoms with Gasteiger partial charge in [0.05, 0.1) is 11.2 Å². The standard InChI is InChI=1S/C40H35BN2O2.CH4/c1-39(2)40(3,4)45-41(44-39)38-17-7-14-32(25-38)37-23-35(30-12-5-10-28(20-30)33-15-8-18-42-26-33)22-36(24-37)31-13-6-11-29(21-31)34-16-9-19-43-27-34;/h5-27H,1-4H3;1H4. The van der Waals surface area contributed by atoms with Crippen LogP contribution in [0.4, 0.5) is 0 Å². The fourth-order valence-corrected chi connectivity index (χ4v) is 5.80. The molecule has 0 bridgehead atoms. The summed E-state index contributed by atoms with van der Waals surface area (Å²) < 4.78 is 12.8. The maximum Gasteiger partial charge on any atom is 0.494 e. The smallest absolute Gasteiger partial charge is 0.399 e. The van der Waals surface area contributed by atoms with Gasteiger partial charge in [-0.2, -0.15) is 0 Å². The summed E-state index contributed by atoms with van der Waals surface area (Å²) in [5, 5.41) is 0. The second-order valence-electron chi connectivity index (χ2n) is 12.7. The van der Waals surface area contributed by atoms with Gasteiger partial charge in [0, 0.05) is 35.9 Å². The van der Waals surface area contributed by atoms with Gasteiger partial charge in [0.25, 0.3) is 0 Å². The molecule has 46 heavy (non-hydrogen) atoms. The number of hydrogen-bond donors (Lipinski definition) is 0. The lowest BCUT2D eigenvalue weighted by Crippen LogP contribution is -2.41. The Morgan fingerprint density at radius 2 is 0.783 bits per heavy atom. The lowest BCUT2D eigenvalue weighted by molar-refractivity contribution is 0.00578. The van der Waals surface area contributed by atoms with Crippen LogP contribution in [0.1, 0.15) is 35.1 Å². The van der Waals surface area contributed by atoms with E-state index >= 15 is 0 Å². The van der Waals surface area contributed by atoms with Crippen LogP contribution in [-0.4, -0.2) is 28.3 Å². The molecule has 0 atom stereocenters. The first-order valence-electron chi connectivity index (χ1n) is 15.4. The first kappa shape index (κ1) is 31.2. The summed E-state index contributed by atoms with van der Waals surface area (Å²) >= 11 is 0. The highest BCUT2D eigenvalue weighted by molar-refractivity contribution is 6.62. The maximum atomic E-state index is 6.41. The third-order valence-electron chi connectivity index (χ3n) is 9.06. The largest absolute Gasteiger partial charge is 0.494 e. The third-order valence-corrected chi connectivity index (χ3v) is 9.06. The van der Waals surface area contributed by atoms with Gasteiger partial charge in [0.1, 0.15) is 0 Å². The highest BCUT2D eigenvalue weighted by atomic mass is 16.7. The second kappa shape index (κ2) is 12.5. The first-order chi connectivity index (χ1) is 21.8. The summed E-state index contributed by atoms with van der Waals surface area (Å²) in [7, 11) is -0.426. The molecule has 228 valence electrons. The van der Waals surface area contributed by atoms with Crippen LogP contribution < -0.4 is 5.46 Å². The molecule has 0 N–H and O–H groups in total. The van der Waals surface area contributed by atoms with Crippen LogP contribution in [0.3, 0.4) is 0 Å². The van der Waals surface area contributed by atoms with E-state index in [1.165, 1.54) is 0 Å². The molecule has 5 heteroatoms. The zero-order valence-electron chi connectivity index (χ0n) is 26.1. The van der Waals surface area contributed by atoms with Crippen molar-refractivity contribution in [1.29, 1.82) is 0 Å². The van der Waals surface area contributed by atoms with E-state index in [1.807, 2.05) is 24.5 Å². The average Bonchev–Trinajstić information content (AvgIpc) is 3.31. The predicted molar refractivity (Wildman–Crippen MR) is 192 cm³/mol. The zero-order valence-corrected chi connectivity index (χ0v) is 26.1. The topological polar surface area (TPSA) is 44.2 Å². The molecule has 0 spiro atoms. The molecule has 2 aromatic heterocycles. The van der Waals surface area contributed by atoms with Crippen molar-refractivity contribution in [3.63, 3.8) is 0 Å². The van der Waals surface area contributed by atoms with Crippen LogP contribution in [0, 0.1) is 0 Å². The molecule has 1 aliphatic rings. The summed E-state index contributed by atoms with van der Waals surface area (Å²) in [6.45, 7) is 8.36. The Morgan fingerprint density at radius 1 is 0.435 bits per heavy atom. The fraction of sp³-hybridized carbons (Fsp3) is 0.171. The summed E-state index contributed by atoms with van der Waals surface area (Å²) in [5.41, 5.74) is 11.5. The SMILES string of the molecule is C.CC1(C)OB(c2cccc(-c3cc(-c4cccc(-c5cccnc5)c4)cc(-c4cccc(-c5cccnc5)c4)c3)c2)OC1(C)C. The Hall–Kier alpha value is -4.84. The van der Waals surface area contributed by atoms with Crippen LogP contribution in [0.15, 0.2) is 140 Å².